The number of carbonyl (C=O) groups is 1. The molecule has 17 heavy (non-hydrogen) atoms. The highest BCUT2D eigenvalue weighted by Gasteiger charge is 2.25. The number of hydrogen-bond donors (Lipinski definition) is 1. The van der Waals surface area contributed by atoms with E-state index in [1.54, 1.807) is 0 Å². The summed E-state index contributed by atoms with van der Waals surface area (Å²) in [7, 11) is 0. The second-order valence-electron chi connectivity index (χ2n) is 5.13. The second kappa shape index (κ2) is 5.69. The summed E-state index contributed by atoms with van der Waals surface area (Å²) < 4.78 is 5.25. The Balaban J connectivity index is 1.74. The van der Waals surface area contributed by atoms with Gasteiger partial charge in [-0.05, 0) is 20.3 Å². The van der Waals surface area contributed by atoms with E-state index in [1.165, 1.54) is 0 Å². The third-order valence-corrected chi connectivity index (χ3v) is 3.59. The molecule has 2 saturated heterocycles. The molecule has 2 fully saturated rings. The van der Waals surface area contributed by atoms with Crippen LogP contribution >= 0.6 is 0 Å². The first-order valence-electron chi connectivity index (χ1n) is 6.54. The van der Waals surface area contributed by atoms with Crippen LogP contribution in [0.3, 0.4) is 0 Å². The molecule has 0 aromatic rings. The van der Waals surface area contributed by atoms with Crippen molar-refractivity contribution in [3.05, 3.63) is 0 Å². The monoisotopic (exact) mass is 241 g/mol. The second-order valence-corrected chi connectivity index (χ2v) is 5.13. The van der Waals surface area contributed by atoms with Gasteiger partial charge in [-0.2, -0.15) is 0 Å². The molecule has 0 saturated carbocycles. The van der Waals surface area contributed by atoms with Gasteiger partial charge in [0.1, 0.15) is 0 Å². The number of ether oxygens (including phenoxy) is 1. The van der Waals surface area contributed by atoms with Gasteiger partial charge in [-0.25, -0.2) is 4.79 Å². The molecule has 0 radical (unpaired) electrons. The maximum Gasteiger partial charge on any atom is 0.317 e. The van der Waals surface area contributed by atoms with Crippen LogP contribution in [0.15, 0.2) is 0 Å². The Morgan fingerprint density at radius 1 is 1.29 bits per heavy atom. The third-order valence-electron chi connectivity index (χ3n) is 3.59. The molecule has 0 aromatic heterocycles. The van der Waals surface area contributed by atoms with Crippen molar-refractivity contribution in [2.75, 3.05) is 39.4 Å². The molecule has 5 nitrogen and oxygen atoms in total. The molecule has 0 spiro atoms. The first-order chi connectivity index (χ1) is 8.16. The van der Waals surface area contributed by atoms with E-state index in [4.69, 9.17) is 4.74 Å². The van der Waals surface area contributed by atoms with E-state index in [-0.39, 0.29) is 12.1 Å². The lowest BCUT2D eigenvalue weighted by atomic mass is 10.2. The summed E-state index contributed by atoms with van der Waals surface area (Å²) in [6.07, 6.45) is 0.942. The van der Waals surface area contributed by atoms with Crippen LogP contribution in [0.2, 0.25) is 0 Å². The number of amides is 2. The summed E-state index contributed by atoms with van der Waals surface area (Å²) >= 11 is 0. The minimum Gasteiger partial charge on any atom is -0.379 e. The van der Waals surface area contributed by atoms with E-state index in [0.29, 0.717) is 12.6 Å². The summed E-state index contributed by atoms with van der Waals surface area (Å²) in [5.41, 5.74) is 0. The van der Waals surface area contributed by atoms with Crippen molar-refractivity contribution in [3.63, 3.8) is 0 Å². The lowest BCUT2D eigenvalue weighted by Crippen LogP contribution is -2.54. The van der Waals surface area contributed by atoms with Crippen molar-refractivity contribution in [1.82, 2.24) is 15.1 Å². The van der Waals surface area contributed by atoms with Gasteiger partial charge in [0.15, 0.2) is 0 Å². The van der Waals surface area contributed by atoms with Crippen LogP contribution in [-0.2, 0) is 4.74 Å². The Kier molecular flexibility index (Phi) is 4.23. The van der Waals surface area contributed by atoms with Gasteiger partial charge < -0.3 is 15.0 Å². The predicted octanol–water partition coefficient (Wildman–Crippen LogP) is 0.511. The van der Waals surface area contributed by atoms with Crippen molar-refractivity contribution in [2.45, 2.75) is 32.4 Å². The molecule has 2 aliphatic rings. The van der Waals surface area contributed by atoms with Crippen molar-refractivity contribution >= 4 is 6.03 Å². The van der Waals surface area contributed by atoms with E-state index < -0.39 is 0 Å². The number of piperazine rings is 1. The van der Waals surface area contributed by atoms with Crippen LogP contribution in [0.1, 0.15) is 20.3 Å². The average Bonchev–Trinajstić information content (AvgIpc) is 2.82. The smallest absolute Gasteiger partial charge is 0.317 e. The van der Waals surface area contributed by atoms with Gasteiger partial charge >= 0.3 is 6.03 Å². The topological polar surface area (TPSA) is 44.8 Å². The van der Waals surface area contributed by atoms with Gasteiger partial charge in [0.25, 0.3) is 0 Å². The van der Waals surface area contributed by atoms with Crippen LogP contribution in [-0.4, -0.2) is 67.3 Å². The van der Waals surface area contributed by atoms with Gasteiger partial charge in [-0.15, -0.1) is 0 Å². The molecule has 1 atom stereocenters. The molecule has 5 heteroatoms. The highest BCUT2D eigenvalue weighted by molar-refractivity contribution is 5.74. The lowest BCUT2D eigenvalue weighted by molar-refractivity contribution is 0.117. The zero-order chi connectivity index (χ0) is 12.3. The van der Waals surface area contributed by atoms with Crippen molar-refractivity contribution in [2.24, 2.45) is 0 Å². The summed E-state index contributed by atoms with van der Waals surface area (Å²) in [6.45, 7) is 9.45. The Labute approximate surface area is 103 Å². The van der Waals surface area contributed by atoms with E-state index in [2.05, 4.69) is 24.1 Å². The van der Waals surface area contributed by atoms with Crippen LogP contribution in [0.25, 0.3) is 0 Å². The zero-order valence-electron chi connectivity index (χ0n) is 10.8. The third kappa shape index (κ3) is 3.33. The number of rotatable bonds is 2. The molecule has 0 aromatic carbocycles. The molecule has 0 aliphatic carbocycles. The summed E-state index contributed by atoms with van der Waals surface area (Å²) in [6, 6.07) is 0.859. The first kappa shape index (κ1) is 12.6. The Hall–Kier alpha value is -0.810. The highest BCUT2D eigenvalue weighted by Crippen LogP contribution is 2.08. The van der Waals surface area contributed by atoms with Gasteiger partial charge in [-0.3, -0.25) is 4.90 Å². The minimum atomic E-state index is 0.0731. The van der Waals surface area contributed by atoms with E-state index in [9.17, 15) is 4.79 Å². The Morgan fingerprint density at radius 2 is 2.00 bits per heavy atom. The molecule has 2 heterocycles. The van der Waals surface area contributed by atoms with Gasteiger partial charge in [-0.1, -0.05) is 0 Å². The molecule has 1 unspecified atom stereocenters. The molecule has 1 N–H and O–H groups in total. The van der Waals surface area contributed by atoms with Crippen molar-refractivity contribution < 1.29 is 9.53 Å². The van der Waals surface area contributed by atoms with Crippen molar-refractivity contribution in [3.8, 4) is 0 Å². The molecule has 0 bridgehead atoms. The molecular weight excluding hydrogens is 218 g/mol. The zero-order valence-corrected chi connectivity index (χ0v) is 10.8. The standard InChI is InChI=1S/C12H23N3O2/c1-10(2)14-4-6-15(7-5-14)12(16)13-11-3-8-17-9-11/h10-11H,3-9H2,1-2H3,(H,13,16). The van der Waals surface area contributed by atoms with Crippen LogP contribution in [0.4, 0.5) is 4.79 Å². The average molecular weight is 241 g/mol. The normalized spacial score (nSPS) is 26.5. The Morgan fingerprint density at radius 3 is 2.53 bits per heavy atom. The number of nitrogens with zero attached hydrogens (tertiary/aromatic N) is 2. The predicted molar refractivity (Wildman–Crippen MR) is 66.0 cm³/mol. The first-order valence-corrected chi connectivity index (χ1v) is 6.54. The van der Waals surface area contributed by atoms with E-state index in [1.807, 2.05) is 4.90 Å². The van der Waals surface area contributed by atoms with Crippen LogP contribution in [0.5, 0.6) is 0 Å². The largest absolute Gasteiger partial charge is 0.379 e. The molecule has 98 valence electrons. The quantitative estimate of drug-likeness (QED) is 0.766. The number of carbonyl (C=O) groups excluding carboxylic acids is 1. The highest BCUT2D eigenvalue weighted by atomic mass is 16.5. The summed E-state index contributed by atoms with van der Waals surface area (Å²) in [5.74, 6) is 0. The molecule has 2 amide bonds. The lowest BCUT2D eigenvalue weighted by Gasteiger charge is -2.37. The van der Waals surface area contributed by atoms with E-state index >= 15 is 0 Å². The number of urea groups is 1. The maximum atomic E-state index is 12.0. The molecule has 2 aliphatic heterocycles. The van der Waals surface area contributed by atoms with Crippen LogP contribution in [0, 0.1) is 0 Å². The number of hydrogen-bond acceptors (Lipinski definition) is 3. The fourth-order valence-corrected chi connectivity index (χ4v) is 2.36. The van der Waals surface area contributed by atoms with Crippen molar-refractivity contribution in [1.29, 1.82) is 0 Å². The van der Waals surface area contributed by atoms with Gasteiger partial charge in [0.05, 0.1) is 12.6 Å². The van der Waals surface area contributed by atoms with Crippen LogP contribution < -0.4 is 5.32 Å². The fraction of sp³-hybridized carbons (Fsp3) is 0.917. The number of nitrogens with one attached hydrogen (secondary N) is 1. The van der Waals surface area contributed by atoms with Gasteiger partial charge in [0, 0.05) is 38.8 Å². The maximum absolute atomic E-state index is 12.0. The van der Waals surface area contributed by atoms with E-state index in [0.717, 1.165) is 39.2 Å². The minimum absolute atomic E-state index is 0.0731. The molecule has 2 rings (SSSR count). The molecular formula is C12H23N3O2. The summed E-state index contributed by atoms with van der Waals surface area (Å²) in [5, 5.41) is 3.04. The Bertz CT molecular complexity index is 256. The van der Waals surface area contributed by atoms with Gasteiger partial charge in [0.2, 0.25) is 0 Å². The SMILES string of the molecule is CC(C)N1CCN(C(=O)NC2CCOC2)CC1. The fourth-order valence-electron chi connectivity index (χ4n) is 2.36. The summed E-state index contributed by atoms with van der Waals surface area (Å²) in [4.78, 5) is 16.3.